The Morgan fingerprint density at radius 3 is 2.59 bits per heavy atom. The lowest BCUT2D eigenvalue weighted by Crippen LogP contribution is -2.21. The van der Waals surface area contributed by atoms with Gasteiger partial charge in [0.15, 0.2) is 6.61 Å². The number of phenols is 1. The number of esters is 1. The van der Waals surface area contributed by atoms with E-state index in [1.165, 1.54) is 24.3 Å². The number of hydrogen-bond donors (Lipinski definition) is 2. The van der Waals surface area contributed by atoms with Crippen LogP contribution >= 0.6 is 23.2 Å². The van der Waals surface area contributed by atoms with E-state index in [1.54, 1.807) is 18.2 Å². The number of benzene rings is 2. The highest BCUT2D eigenvalue weighted by Gasteiger charge is 2.14. The normalized spacial score (nSPS) is 10.1. The fourth-order valence-corrected chi connectivity index (χ4v) is 1.97. The lowest BCUT2D eigenvalue weighted by molar-refractivity contribution is -0.119. The van der Waals surface area contributed by atoms with Crippen LogP contribution in [0.1, 0.15) is 10.4 Å². The van der Waals surface area contributed by atoms with Crippen LogP contribution in [0, 0.1) is 0 Å². The van der Waals surface area contributed by atoms with Gasteiger partial charge >= 0.3 is 5.97 Å². The minimum atomic E-state index is -0.801. The van der Waals surface area contributed by atoms with Gasteiger partial charge < -0.3 is 15.2 Å². The Kier molecular flexibility index (Phi) is 5.25. The van der Waals surface area contributed by atoms with Gasteiger partial charge in [0.2, 0.25) is 0 Å². The molecule has 0 heterocycles. The molecular formula is C15H11Cl2NO4. The minimum Gasteiger partial charge on any atom is -0.507 e. The largest absolute Gasteiger partial charge is 0.507 e. The number of anilines is 1. The molecule has 7 heteroatoms. The van der Waals surface area contributed by atoms with Gasteiger partial charge in [-0.25, -0.2) is 4.79 Å². The van der Waals surface area contributed by atoms with Crippen LogP contribution in [0.2, 0.25) is 10.0 Å². The molecule has 0 saturated heterocycles. The molecule has 0 aliphatic carbocycles. The average molecular weight is 340 g/mol. The van der Waals surface area contributed by atoms with Crippen LogP contribution < -0.4 is 5.32 Å². The van der Waals surface area contributed by atoms with E-state index < -0.39 is 18.5 Å². The van der Waals surface area contributed by atoms with Gasteiger partial charge in [0.05, 0.1) is 10.7 Å². The standard InChI is InChI=1S/C15H11Cl2NO4/c16-9-5-6-11(17)12(7-9)18-14(20)8-22-15(21)10-3-1-2-4-13(10)19/h1-7,19H,8H2,(H,18,20). The van der Waals surface area contributed by atoms with Crippen molar-refractivity contribution in [3.63, 3.8) is 0 Å². The van der Waals surface area contributed by atoms with E-state index in [0.717, 1.165) is 0 Å². The molecule has 0 aliphatic rings. The molecular weight excluding hydrogens is 329 g/mol. The highest BCUT2D eigenvalue weighted by molar-refractivity contribution is 6.35. The molecule has 5 nitrogen and oxygen atoms in total. The fraction of sp³-hybridized carbons (Fsp3) is 0.0667. The summed E-state index contributed by atoms with van der Waals surface area (Å²) < 4.78 is 4.83. The summed E-state index contributed by atoms with van der Waals surface area (Å²) in [5.41, 5.74) is 0.300. The predicted molar refractivity (Wildman–Crippen MR) is 83.5 cm³/mol. The van der Waals surface area contributed by atoms with Crippen LogP contribution in [0.4, 0.5) is 5.69 Å². The van der Waals surface area contributed by atoms with Crippen LogP contribution in [0.15, 0.2) is 42.5 Å². The molecule has 0 atom stereocenters. The highest BCUT2D eigenvalue weighted by Crippen LogP contribution is 2.25. The van der Waals surface area contributed by atoms with Crippen molar-refractivity contribution in [2.75, 3.05) is 11.9 Å². The van der Waals surface area contributed by atoms with Crippen molar-refractivity contribution in [3.05, 3.63) is 58.1 Å². The number of carbonyl (C=O) groups is 2. The van der Waals surface area contributed by atoms with E-state index in [1.807, 2.05) is 0 Å². The average Bonchev–Trinajstić information content (AvgIpc) is 2.49. The van der Waals surface area contributed by atoms with Crippen LogP contribution in [-0.2, 0) is 9.53 Å². The maximum absolute atomic E-state index is 11.7. The van der Waals surface area contributed by atoms with Crippen molar-refractivity contribution in [1.29, 1.82) is 0 Å². The molecule has 0 aromatic heterocycles. The number of rotatable bonds is 4. The van der Waals surface area contributed by atoms with E-state index in [0.29, 0.717) is 15.7 Å². The number of para-hydroxylation sites is 1. The lowest BCUT2D eigenvalue weighted by Gasteiger charge is -2.09. The molecule has 2 rings (SSSR count). The third kappa shape index (κ3) is 4.13. The van der Waals surface area contributed by atoms with E-state index in [-0.39, 0.29) is 11.3 Å². The second kappa shape index (κ2) is 7.15. The van der Waals surface area contributed by atoms with Crippen LogP contribution in [0.3, 0.4) is 0 Å². The van der Waals surface area contributed by atoms with Crippen molar-refractivity contribution in [1.82, 2.24) is 0 Å². The summed E-state index contributed by atoms with van der Waals surface area (Å²) >= 11 is 11.7. The first-order chi connectivity index (χ1) is 10.5. The number of amides is 1. The Hall–Kier alpha value is -2.24. The van der Waals surface area contributed by atoms with Gasteiger partial charge in [-0.2, -0.15) is 0 Å². The quantitative estimate of drug-likeness (QED) is 0.836. The second-order valence-electron chi connectivity index (χ2n) is 4.27. The summed E-state index contributed by atoms with van der Waals surface area (Å²) in [7, 11) is 0. The predicted octanol–water partition coefficient (Wildman–Crippen LogP) is 3.49. The number of phenolic OH excluding ortho intramolecular Hbond substituents is 1. The Balaban J connectivity index is 1.94. The monoisotopic (exact) mass is 339 g/mol. The van der Waals surface area contributed by atoms with E-state index >= 15 is 0 Å². The summed E-state index contributed by atoms with van der Waals surface area (Å²) in [5, 5.41) is 12.7. The molecule has 22 heavy (non-hydrogen) atoms. The van der Waals surface area contributed by atoms with E-state index in [9.17, 15) is 14.7 Å². The first kappa shape index (κ1) is 16.1. The molecule has 0 unspecified atom stereocenters. The Morgan fingerprint density at radius 1 is 1.14 bits per heavy atom. The minimum absolute atomic E-state index is 0.0175. The van der Waals surface area contributed by atoms with Gasteiger partial charge in [-0.05, 0) is 30.3 Å². The molecule has 0 saturated carbocycles. The molecule has 114 valence electrons. The zero-order valence-corrected chi connectivity index (χ0v) is 12.7. The third-order valence-electron chi connectivity index (χ3n) is 2.66. The van der Waals surface area contributed by atoms with Crippen LogP contribution in [-0.4, -0.2) is 23.6 Å². The Bertz CT molecular complexity index is 718. The van der Waals surface area contributed by atoms with Crippen molar-refractivity contribution in [3.8, 4) is 5.75 Å². The number of aromatic hydroxyl groups is 1. The van der Waals surface area contributed by atoms with Crippen molar-refractivity contribution in [2.24, 2.45) is 0 Å². The fourth-order valence-electron chi connectivity index (χ4n) is 1.63. The molecule has 2 N–H and O–H groups in total. The summed E-state index contributed by atoms with van der Waals surface area (Å²) in [5.74, 6) is -1.59. The number of carbonyl (C=O) groups excluding carboxylic acids is 2. The van der Waals surface area contributed by atoms with Gasteiger partial charge in [-0.3, -0.25) is 4.79 Å². The smallest absolute Gasteiger partial charge is 0.342 e. The Labute approximate surface area is 136 Å². The van der Waals surface area contributed by atoms with Crippen molar-refractivity contribution < 1.29 is 19.4 Å². The molecule has 0 aliphatic heterocycles. The van der Waals surface area contributed by atoms with Gasteiger partial charge in [-0.15, -0.1) is 0 Å². The first-order valence-electron chi connectivity index (χ1n) is 6.17. The zero-order chi connectivity index (χ0) is 16.1. The number of ether oxygens (including phenoxy) is 1. The van der Waals surface area contributed by atoms with E-state index in [4.69, 9.17) is 27.9 Å². The molecule has 0 fully saturated rings. The molecule has 2 aromatic rings. The Morgan fingerprint density at radius 2 is 1.86 bits per heavy atom. The van der Waals surface area contributed by atoms with Crippen LogP contribution in [0.5, 0.6) is 5.75 Å². The molecule has 1 amide bonds. The second-order valence-corrected chi connectivity index (χ2v) is 5.11. The van der Waals surface area contributed by atoms with Gasteiger partial charge in [-0.1, -0.05) is 35.3 Å². The van der Waals surface area contributed by atoms with Gasteiger partial charge in [0, 0.05) is 5.02 Å². The van der Waals surface area contributed by atoms with Gasteiger partial charge in [0.25, 0.3) is 5.91 Å². The summed E-state index contributed by atoms with van der Waals surface area (Å²) in [6, 6.07) is 10.5. The zero-order valence-electron chi connectivity index (χ0n) is 11.2. The summed E-state index contributed by atoms with van der Waals surface area (Å²) in [6.45, 7) is -0.518. The number of hydrogen-bond acceptors (Lipinski definition) is 4. The first-order valence-corrected chi connectivity index (χ1v) is 6.93. The van der Waals surface area contributed by atoms with Crippen molar-refractivity contribution >= 4 is 40.8 Å². The SMILES string of the molecule is O=C(COC(=O)c1ccccc1O)Nc1cc(Cl)ccc1Cl. The number of halogens is 2. The lowest BCUT2D eigenvalue weighted by atomic mass is 10.2. The highest BCUT2D eigenvalue weighted by atomic mass is 35.5. The molecule has 2 aromatic carbocycles. The number of nitrogens with one attached hydrogen (secondary N) is 1. The third-order valence-corrected chi connectivity index (χ3v) is 3.23. The summed E-state index contributed by atoms with van der Waals surface area (Å²) in [4.78, 5) is 23.5. The maximum Gasteiger partial charge on any atom is 0.342 e. The van der Waals surface area contributed by atoms with E-state index in [2.05, 4.69) is 5.32 Å². The molecule has 0 bridgehead atoms. The van der Waals surface area contributed by atoms with Crippen molar-refractivity contribution in [2.45, 2.75) is 0 Å². The summed E-state index contributed by atoms with van der Waals surface area (Å²) in [6.07, 6.45) is 0. The molecule has 0 radical (unpaired) electrons. The van der Waals surface area contributed by atoms with Gasteiger partial charge in [0.1, 0.15) is 11.3 Å². The van der Waals surface area contributed by atoms with Crippen LogP contribution in [0.25, 0.3) is 0 Å². The molecule has 0 spiro atoms. The maximum atomic E-state index is 11.7. The topological polar surface area (TPSA) is 75.6 Å².